The molecule has 0 unspecified atom stereocenters. The summed E-state index contributed by atoms with van der Waals surface area (Å²) in [6.45, 7) is 6.37. The molecule has 2 amide bonds. The zero-order valence-corrected chi connectivity index (χ0v) is 22.2. The second kappa shape index (κ2) is 10.2. The predicted octanol–water partition coefficient (Wildman–Crippen LogP) is 3.32. The number of hydrogen-bond donors (Lipinski definition) is 3. The first-order chi connectivity index (χ1) is 18.6. The number of hydrogen-bond acceptors (Lipinski definition) is 8. The Balaban J connectivity index is 1.43. The van der Waals surface area contributed by atoms with E-state index in [0.717, 1.165) is 22.4 Å². The second-order valence-corrected chi connectivity index (χ2v) is 10.4. The van der Waals surface area contributed by atoms with Crippen molar-refractivity contribution in [1.82, 2.24) is 45.0 Å². The third-order valence-electron chi connectivity index (χ3n) is 6.47. The van der Waals surface area contributed by atoms with Gasteiger partial charge in [-0.15, -0.1) is 5.10 Å². The molecule has 0 radical (unpaired) electrons. The normalized spacial score (nSPS) is 15.4. The lowest BCUT2D eigenvalue weighted by atomic mass is 9.96. The van der Waals surface area contributed by atoms with Crippen LogP contribution < -0.4 is 10.6 Å². The molecule has 0 aliphatic carbocycles. The number of nitrogens with zero attached hydrogens (tertiary/aromatic N) is 8. The first kappa shape index (κ1) is 25.8. The topological polar surface area (TPSA) is 156 Å². The lowest BCUT2D eigenvalue weighted by Crippen LogP contribution is -2.32. The van der Waals surface area contributed by atoms with Gasteiger partial charge in [-0.05, 0) is 50.5 Å². The van der Waals surface area contributed by atoms with E-state index in [9.17, 15) is 14.7 Å². The van der Waals surface area contributed by atoms with Crippen molar-refractivity contribution in [3.8, 4) is 11.3 Å². The number of carbonyl (C=O) groups is 2. The van der Waals surface area contributed by atoms with Crippen molar-refractivity contribution < 1.29 is 14.7 Å². The summed E-state index contributed by atoms with van der Waals surface area (Å²) in [7, 11) is 1.82. The highest BCUT2D eigenvalue weighted by Crippen LogP contribution is 2.31. The fourth-order valence-corrected chi connectivity index (χ4v) is 4.40. The summed E-state index contributed by atoms with van der Waals surface area (Å²) >= 11 is 0. The van der Waals surface area contributed by atoms with Gasteiger partial charge in [0.2, 0.25) is 5.95 Å². The van der Waals surface area contributed by atoms with Crippen molar-refractivity contribution in [1.29, 1.82) is 0 Å². The highest BCUT2D eigenvalue weighted by Gasteiger charge is 2.28. The van der Waals surface area contributed by atoms with E-state index >= 15 is 0 Å². The van der Waals surface area contributed by atoms with Crippen molar-refractivity contribution in [2.24, 2.45) is 7.05 Å². The average molecular weight is 531 g/mol. The number of carbonyl (C=O) groups excluding carboxylic acids is 1. The Hall–Kier alpha value is -4.81. The Morgan fingerprint density at radius 1 is 1.15 bits per heavy atom. The van der Waals surface area contributed by atoms with E-state index in [2.05, 4.69) is 36.0 Å². The van der Waals surface area contributed by atoms with E-state index in [4.69, 9.17) is 0 Å². The number of amides is 2. The number of rotatable bonds is 5. The molecule has 3 N–H and O–H groups in total. The molecule has 0 bridgehead atoms. The van der Waals surface area contributed by atoms with Crippen LogP contribution in [0.5, 0.6) is 0 Å². The minimum Gasteiger partial charge on any atom is -0.465 e. The van der Waals surface area contributed by atoms with Gasteiger partial charge in [-0.2, -0.15) is 5.10 Å². The molecule has 0 saturated carbocycles. The standard InChI is InChI=1S/C26H30N10O3/c1-26(2,3)36-15-22(32-33-36)23(37)30-21-8-10-35(25(38)39)13-17-11-16(5-6-19(17)21)20-7-9-27-24(31-20)29-18-12-28-34(4)14-18/h5-7,9,11-12,14-15,21H,8,10,13H2,1-4H3,(H,30,37)(H,38,39)(H,27,29,31)/t21-/m1/s1. The summed E-state index contributed by atoms with van der Waals surface area (Å²) in [6, 6.07) is 7.14. The highest BCUT2D eigenvalue weighted by molar-refractivity contribution is 5.92. The smallest absolute Gasteiger partial charge is 0.407 e. The van der Waals surface area contributed by atoms with E-state index in [1.807, 2.05) is 52.2 Å². The van der Waals surface area contributed by atoms with Crippen LogP contribution in [0.4, 0.5) is 16.4 Å². The van der Waals surface area contributed by atoms with Crippen molar-refractivity contribution >= 4 is 23.6 Å². The number of fused-ring (bicyclic) bond motifs is 1. The maximum atomic E-state index is 13.1. The molecule has 1 atom stereocenters. The van der Waals surface area contributed by atoms with Gasteiger partial charge in [0.15, 0.2) is 5.69 Å². The zero-order chi connectivity index (χ0) is 27.7. The van der Waals surface area contributed by atoms with E-state index < -0.39 is 12.1 Å². The molecule has 0 spiro atoms. The number of anilines is 2. The third-order valence-corrected chi connectivity index (χ3v) is 6.47. The predicted molar refractivity (Wildman–Crippen MR) is 142 cm³/mol. The van der Waals surface area contributed by atoms with Gasteiger partial charge in [-0.25, -0.2) is 19.4 Å². The molecule has 1 aliphatic heterocycles. The lowest BCUT2D eigenvalue weighted by Gasteiger charge is -2.19. The summed E-state index contributed by atoms with van der Waals surface area (Å²) in [4.78, 5) is 35.3. The van der Waals surface area contributed by atoms with Gasteiger partial charge in [-0.3, -0.25) is 9.48 Å². The molecule has 5 rings (SSSR count). The summed E-state index contributed by atoms with van der Waals surface area (Å²) in [5.41, 5.74) is 3.76. The van der Waals surface area contributed by atoms with Crippen LogP contribution >= 0.6 is 0 Å². The number of aryl methyl sites for hydroxylation is 1. The molecule has 1 aliphatic rings. The first-order valence-corrected chi connectivity index (χ1v) is 12.5. The Bertz CT molecular complexity index is 1520. The molecule has 13 heteroatoms. The van der Waals surface area contributed by atoms with Crippen LogP contribution in [0.3, 0.4) is 0 Å². The zero-order valence-electron chi connectivity index (χ0n) is 22.2. The Labute approximate surface area is 224 Å². The first-order valence-electron chi connectivity index (χ1n) is 12.5. The van der Waals surface area contributed by atoms with Crippen molar-refractivity contribution in [3.05, 3.63) is 65.9 Å². The number of nitrogens with one attached hydrogen (secondary N) is 2. The number of benzene rings is 1. The van der Waals surface area contributed by atoms with Crippen LogP contribution in [0.2, 0.25) is 0 Å². The van der Waals surface area contributed by atoms with Gasteiger partial charge in [0.1, 0.15) is 0 Å². The van der Waals surface area contributed by atoms with Gasteiger partial charge < -0.3 is 20.6 Å². The minimum atomic E-state index is -1.02. The average Bonchev–Trinajstić information content (AvgIpc) is 3.51. The summed E-state index contributed by atoms with van der Waals surface area (Å²) < 4.78 is 3.31. The summed E-state index contributed by atoms with van der Waals surface area (Å²) in [6.07, 6.45) is 6.17. The molecule has 0 fully saturated rings. The van der Waals surface area contributed by atoms with Gasteiger partial charge in [0.25, 0.3) is 5.91 Å². The largest absolute Gasteiger partial charge is 0.465 e. The van der Waals surface area contributed by atoms with Crippen molar-refractivity contribution in [2.45, 2.75) is 45.3 Å². The molecule has 13 nitrogen and oxygen atoms in total. The molecule has 1 aromatic carbocycles. The van der Waals surface area contributed by atoms with Crippen LogP contribution in [0.1, 0.15) is 54.8 Å². The quantitative estimate of drug-likeness (QED) is 0.352. The van der Waals surface area contributed by atoms with Gasteiger partial charge in [0, 0.05) is 38.1 Å². The fraction of sp³-hybridized carbons (Fsp3) is 0.346. The fourth-order valence-electron chi connectivity index (χ4n) is 4.40. The van der Waals surface area contributed by atoms with Crippen LogP contribution in [0, 0.1) is 0 Å². The Morgan fingerprint density at radius 3 is 2.67 bits per heavy atom. The van der Waals surface area contributed by atoms with Gasteiger partial charge in [0.05, 0.1) is 35.4 Å². The molecule has 4 aromatic rings. The number of aromatic nitrogens is 7. The third kappa shape index (κ3) is 5.71. The van der Waals surface area contributed by atoms with Gasteiger partial charge in [-0.1, -0.05) is 17.3 Å². The summed E-state index contributed by atoms with van der Waals surface area (Å²) in [5.74, 6) is 0.0484. The van der Waals surface area contributed by atoms with E-state index in [1.165, 1.54) is 4.90 Å². The molecular formula is C26H30N10O3. The molecule has 39 heavy (non-hydrogen) atoms. The van der Waals surface area contributed by atoms with Crippen LogP contribution in [0.25, 0.3) is 11.3 Å². The van der Waals surface area contributed by atoms with E-state index in [-0.39, 0.29) is 30.2 Å². The van der Waals surface area contributed by atoms with Gasteiger partial charge >= 0.3 is 6.09 Å². The maximum absolute atomic E-state index is 13.1. The van der Waals surface area contributed by atoms with Crippen molar-refractivity contribution in [2.75, 3.05) is 11.9 Å². The molecule has 4 heterocycles. The lowest BCUT2D eigenvalue weighted by molar-refractivity contribution is 0.0928. The van der Waals surface area contributed by atoms with Crippen LogP contribution in [0.15, 0.2) is 49.1 Å². The Kier molecular flexibility index (Phi) is 6.73. The van der Waals surface area contributed by atoms with Crippen LogP contribution in [-0.4, -0.2) is 63.3 Å². The molecule has 0 saturated heterocycles. The molecular weight excluding hydrogens is 500 g/mol. The molecule has 3 aromatic heterocycles. The SMILES string of the molecule is Cn1cc(Nc2nccc(-c3ccc4c(c3)CN(C(=O)O)CC[C@H]4NC(=O)c3cn(C(C)(C)C)nn3)n2)cn1. The Morgan fingerprint density at radius 2 is 1.97 bits per heavy atom. The monoisotopic (exact) mass is 530 g/mol. The second-order valence-electron chi connectivity index (χ2n) is 10.4. The number of carboxylic acid groups (broad SMARTS) is 1. The molecule has 202 valence electrons. The van der Waals surface area contributed by atoms with Crippen molar-refractivity contribution in [3.63, 3.8) is 0 Å². The minimum absolute atomic E-state index is 0.191. The maximum Gasteiger partial charge on any atom is 0.407 e. The van der Waals surface area contributed by atoms with E-state index in [1.54, 1.807) is 34.0 Å². The summed E-state index contributed by atoms with van der Waals surface area (Å²) in [5, 5.41) is 28.2. The van der Waals surface area contributed by atoms with Crippen LogP contribution in [-0.2, 0) is 19.1 Å². The highest BCUT2D eigenvalue weighted by atomic mass is 16.4. The van der Waals surface area contributed by atoms with E-state index in [0.29, 0.717) is 18.1 Å².